The molecule has 0 aromatic carbocycles. The van der Waals surface area contributed by atoms with E-state index in [0.717, 1.165) is 24.5 Å². The predicted molar refractivity (Wildman–Crippen MR) is 89.0 cm³/mol. The molecular weight excluding hydrogens is 310 g/mol. The van der Waals surface area contributed by atoms with Crippen LogP contribution < -0.4 is 15.5 Å². The van der Waals surface area contributed by atoms with Gasteiger partial charge in [-0.05, 0) is 25.5 Å². The number of ether oxygens (including phenoxy) is 1. The molecule has 2 N–H and O–H groups in total. The summed E-state index contributed by atoms with van der Waals surface area (Å²) in [6, 6.07) is 5.24. The zero-order valence-corrected chi connectivity index (χ0v) is 13.8. The van der Waals surface area contributed by atoms with Crippen molar-refractivity contribution in [2.24, 2.45) is 0 Å². The molecule has 3 heterocycles. The Morgan fingerprint density at radius 3 is 3.00 bits per heavy atom. The topological polar surface area (TPSA) is 92.5 Å². The predicted octanol–water partition coefficient (Wildman–Crippen LogP) is 1.92. The molecule has 3 rings (SSSR count). The number of aryl methyl sites for hydroxylation is 1. The van der Waals surface area contributed by atoms with E-state index in [0.29, 0.717) is 24.7 Å². The molecule has 0 spiro atoms. The van der Waals surface area contributed by atoms with E-state index in [1.807, 2.05) is 12.1 Å². The maximum atomic E-state index is 11.8. The lowest BCUT2D eigenvalue weighted by atomic mass is 10.2. The fourth-order valence-corrected chi connectivity index (χ4v) is 2.50. The smallest absolute Gasteiger partial charge is 0.320 e. The van der Waals surface area contributed by atoms with E-state index in [2.05, 4.69) is 32.6 Å². The fraction of sp³-hybridized carbons (Fsp3) is 0.438. The molecule has 2 amide bonds. The molecule has 0 aliphatic carbocycles. The number of nitrogens with one attached hydrogen (secondary N) is 2. The Labute approximate surface area is 140 Å². The van der Waals surface area contributed by atoms with Crippen molar-refractivity contribution < 1.29 is 14.1 Å². The van der Waals surface area contributed by atoms with Crippen molar-refractivity contribution in [2.75, 3.05) is 29.9 Å². The molecule has 1 saturated heterocycles. The highest BCUT2D eigenvalue weighted by Crippen LogP contribution is 2.15. The molecule has 0 bridgehead atoms. The van der Waals surface area contributed by atoms with Gasteiger partial charge >= 0.3 is 6.03 Å². The molecule has 8 heteroatoms. The number of hydrogen-bond acceptors (Lipinski definition) is 6. The Morgan fingerprint density at radius 2 is 2.33 bits per heavy atom. The summed E-state index contributed by atoms with van der Waals surface area (Å²) >= 11 is 0. The Bertz CT molecular complexity index is 685. The lowest BCUT2D eigenvalue weighted by Gasteiger charge is -2.32. The van der Waals surface area contributed by atoms with Gasteiger partial charge in [0.05, 0.1) is 12.7 Å². The van der Waals surface area contributed by atoms with E-state index >= 15 is 0 Å². The molecule has 24 heavy (non-hydrogen) atoms. The molecule has 0 saturated carbocycles. The van der Waals surface area contributed by atoms with E-state index in [1.165, 1.54) is 0 Å². The van der Waals surface area contributed by atoms with Crippen LogP contribution in [0.3, 0.4) is 0 Å². The molecule has 1 aliphatic heterocycles. The lowest BCUT2D eigenvalue weighted by Crippen LogP contribution is -2.41. The highest BCUT2D eigenvalue weighted by molar-refractivity contribution is 5.88. The molecule has 0 radical (unpaired) electrons. The molecule has 1 fully saturated rings. The minimum Gasteiger partial charge on any atom is -0.375 e. The van der Waals surface area contributed by atoms with Crippen molar-refractivity contribution in [3.8, 4) is 0 Å². The van der Waals surface area contributed by atoms with Gasteiger partial charge in [0.15, 0.2) is 5.82 Å². The summed E-state index contributed by atoms with van der Waals surface area (Å²) in [5, 5.41) is 9.07. The Kier molecular flexibility index (Phi) is 4.95. The second-order valence-electron chi connectivity index (χ2n) is 5.78. The van der Waals surface area contributed by atoms with Gasteiger partial charge in [0, 0.05) is 31.9 Å². The third-order valence-corrected chi connectivity index (χ3v) is 3.70. The summed E-state index contributed by atoms with van der Waals surface area (Å²) in [5.74, 6) is 1.96. The van der Waals surface area contributed by atoms with Crippen LogP contribution in [0.1, 0.15) is 18.2 Å². The molecule has 2 aromatic heterocycles. The number of carbonyl (C=O) groups is 1. The number of anilines is 2. The van der Waals surface area contributed by atoms with E-state index in [1.54, 1.807) is 19.2 Å². The second-order valence-corrected chi connectivity index (χ2v) is 5.78. The maximum absolute atomic E-state index is 11.8. The first-order valence-corrected chi connectivity index (χ1v) is 7.90. The highest BCUT2D eigenvalue weighted by Gasteiger charge is 2.17. The van der Waals surface area contributed by atoms with Crippen molar-refractivity contribution in [3.05, 3.63) is 35.7 Å². The standard InChI is InChI=1S/C16H21N5O3/c1-11-7-14(20-24-11)19-16(22)18-9-13-3-4-15(17-8-13)21-5-6-23-12(2)10-21/h3-4,7-8,12H,5-6,9-10H2,1-2H3,(H2,18,19,20,22). The fourth-order valence-electron chi connectivity index (χ4n) is 2.50. The van der Waals surface area contributed by atoms with Crippen LogP contribution in [0, 0.1) is 6.92 Å². The van der Waals surface area contributed by atoms with E-state index in [4.69, 9.17) is 9.26 Å². The van der Waals surface area contributed by atoms with E-state index in [9.17, 15) is 4.79 Å². The monoisotopic (exact) mass is 331 g/mol. The number of pyridine rings is 1. The third-order valence-electron chi connectivity index (χ3n) is 3.70. The van der Waals surface area contributed by atoms with E-state index in [-0.39, 0.29) is 12.1 Å². The molecule has 1 unspecified atom stereocenters. The molecule has 1 atom stereocenters. The van der Waals surface area contributed by atoms with Crippen molar-refractivity contribution in [1.29, 1.82) is 0 Å². The van der Waals surface area contributed by atoms with Gasteiger partial charge in [-0.15, -0.1) is 0 Å². The summed E-state index contributed by atoms with van der Waals surface area (Å²) < 4.78 is 10.4. The van der Waals surface area contributed by atoms with E-state index < -0.39 is 0 Å². The van der Waals surface area contributed by atoms with Gasteiger partial charge in [0.25, 0.3) is 0 Å². The number of amides is 2. The highest BCUT2D eigenvalue weighted by atomic mass is 16.5. The van der Waals surface area contributed by atoms with Crippen LogP contribution in [0.5, 0.6) is 0 Å². The van der Waals surface area contributed by atoms with Crippen LogP contribution in [-0.4, -0.2) is 42.0 Å². The summed E-state index contributed by atoms with van der Waals surface area (Å²) in [4.78, 5) is 18.5. The Hall–Kier alpha value is -2.61. The van der Waals surface area contributed by atoms with Crippen LogP contribution in [0.25, 0.3) is 0 Å². The molecule has 128 valence electrons. The summed E-state index contributed by atoms with van der Waals surface area (Å²) in [6.45, 7) is 6.60. The SMILES string of the molecule is Cc1cc(NC(=O)NCc2ccc(N3CCOC(C)C3)nc2)no1. The van der Waals surface area contributed by atoms with Gasteiger partial charge in [-0.1, -0.05) is 11.2 Å². The molecular formula is C16H21N5O3. The molecule has 8 nitrogen and oxygen atoms in total. The summed E-state index contributed by atoms with van der Waals surface area (Å²) in [5.41, 5.74) is 0.923. The quantitative estimate of drug-likeness (QED) is 0.889. The van der Waals surface area contributed by atoms with Crippen LogP contribution in [0.4, 0.5) is 16.4 Å². The van der Waals surface area contributed by atoms with Gasteiger partial charge in [-0.25, -0.2) is 9.78 Å². The number of rotatable bonds is 4. The molecule has 1 aliphatic rings. The largest absolute Gasteiger partial charge is 0.375 e. The number of hydrogen-bond donors (Lipinski definition) is 2. The number of morpholine rings is 1. The Morgan fingerprint density at radius 1 is 1.46 bits per heavy atom. The van der Waals surface area contributed by atoms with Crippen molar-refractivity contribution in [3.63, 3.8) is 0 Å². The average Bonchev–Trinajstić information content (AvgIpc) is 2.98. The number of urea groups is 1. The zero-order valence-electron chi connectivity index (χ0n) is 13.8. The van der Waals surface area contributed by atoms with Crippen molar-refractivity contribution in [2.45, 2.75) is 26.5 Å². The van der Waals surface area contributed by atoms with Crippen LogP contribution in [0.15, 0.2) is 28.9 Å². The van der Waals surface area contributed by atoms with Gasteiger partial charge in [-0.3, -0.25) is 5.32 Å². The van der Waals surface area contributed by atoms with Crippen LogP contribution in [0.2, 0.25) is 0 Å². The Balaban J connectivity index is 1.49. The zero-order chi connectivity index (χ0) is 16.9. The normalized spacial score (nSPS) is 17.6. The first-order valence-electron chi connectivity index (χ1n) is 7.90. The van der Waals surface area contributed by atoms with Gasteiger partial charge < -0.3 is 19.5 Å². The van der Waals surface area contributed by atoms with Gasteiger partial charge in [-0.2, -0.15) is 0 Å². The third kappa shape index (κ3) is 4.23. The summed E-state index contributed by atoms with van der Waals surface area (Å²) in [6.07, 6.45) is 1.99. The number of aromatic nitrogens is 2. The minimum atomic E-state index is -0.339. The number of nitrogens with zero attached hydrogens (tertiary/aromatic N) is 3. The van der Waals surface area contributed by atoms with Gasteiger partial charge in [0.2, 0.25) is 0 Å². The maximum Gasteiger partial charge on any atom is 0.320 e. The van der Waals surface area contributed by atoms with Crippen LogP contribution in [-0.2, 0) is 11.3 Å². The first-order chi connectivity index (χ1) is 11.6. The second kappa shape index (κ2) is 7.31. The number of carbonyl (C=O) groups excluding carboxylic acids is 1. The minimum absolute atomic E-state index is 0.214. The van der Waals surface area contributed by atoms with Crippen LogP contribution >= 0.6 is 0 Å². The van der Waals surface area contributed by atoms with Crippen molar-refractivity contribution in [1.82, 2.24) is 15.5 Å². The lowest BCUT2D eigenvalue weighted by molar-refractivity contribution is 0.0529. The average molecular weight is 331 g/mol. The van der Waals surface area contributed by atoms with Gasteiger partial charge in [0.1, 0.15) is 11.6 Å². The summed E-state index contributed by atoms with van der Waals surface area (Å²) in [7, 11) is 0. The van der Waals surface area contributed by atoms with Crippen molar-refractivity contribution >= 4 is 17.7 Å². The first kappa shape index (κ1) is 16.3. The molecule has 2 aromatic rings.